The molecule has 3 rings (SSSR count). The van der Waals surface area contributed by atoms with Crippen LogP contribution in [-0.2, 0) is 17.8 Å². The van der Waals surface area contributed by atoms with Gasteiger partial charge >= 0.3 is 5.63 Å². The normalized spacial score (nSPS) is 10.6. The Labute approximate surface area is 175 Å². The lowest BCUT2D eigenvalue weighted by atomic mass is 10.0. The molecule has 1 aromatic heterocycles. The quantitative estimate of drug-likeness (QED) is 0.452. The van der Waals surface area contributed by atoms with Crippen molar-refractivity contribution in [1.82, 2.24) is 5.32 Å². The molecule has 0 unspecified atom stereocenters. The van der Waals surface area contributed by atoms with E-state index in [9.17, 15) is 9.59 Å². The minimum atomic E-state index is -0.520. The van der Waals surface area contributed by atoms with Crippen molar-refractivity contribution in [3.63, 3.8) is 0 Å². The van der Waals surface area contributed by atoms with E-state index in [1.807, 2.05) is 50.2 Å². The van der Waals surface area contributed by atoms with E-state index >= 15 is 0 Å². The Kier molecular flexibility index (Phi) is 6.57. The first-order valence-electron chi connectivity index (χ1n) is 9.60. The molecule has 0 fully saturated rings. The topological polar surface area (TPSA) is 77.8 Å². The Bertz CT molecular complexity index is 1150. The van der Waals surface area contributed by atoms with Gasteiger partial charge in [-0.2, -0.15) is 0 Å². The van der Waals surface area contributed by atoms with Crippen LogP contribution in [0.3, 0.4) is 0 Å². The summed E-state index contributed by atoms with van der Waals surface area (Å²) in [5.74, 6) is 1.06. The number of fused-ring (bicyclic) bond motifs is 1. The molecule has 0 saturated heterocycles. The van der Waals surface area contributed by atoms with E-state index in [4.69, 9.17) is 13.9 Å². The van der Waals surface area contributed by atoms with Gasteiger partial charge in [-0.3, -0.25) is 4.79 Å². The molecule has 0 spiro atoms. The molecule has 0 aliphatic heterocycles. The standard InChI is InChI=1S/C24H25NO5/c1-15(2)14-29-19-8-9-20-16(3)21(24(27)30-22(20)11-19)12-23(26)25-13-17-6-5-7-18(10-17)28-4/h5-11H,1,12-14H2,2-4H3,(H,25,26). The van der Waals surface area contributed by atoms with Crippen LogP contribution in [-0.4, -0.2) is 19.6 Å². The molecule has 0 aliphatic carbocycles. The smallest absolute Gasteiger partial charge is 0.340 e. The monoisotopic (exact) mass is 407 g/mol. The number of nitrogens with one attached hydrogen (secondary N) is 1. The molecule has 30 heavy (non-hydrogen) atoms. The van der Waals surface area contributed by atoms with Crippen molar-refractivity contribution in [2.45, 2.75) is 26.8 Å². The third kappa shape index (κ3) is 5.08. The predicted molar refractivity (Wildman–Crippen MR) is 116 cm³/mol. The number of hydrogen-bond acceptors (Lipinski definition) is 5. The van der Waals surface area contributed by atoms with Gasteiger partial charge in [0.1, 0.15) is 23.7 Å². The van der Waals surface area contributed by atoms with Gasteiger partial charge in [0.15, 0.2) is 0 Å². The van der Waals surface area contributed by atoms with Crippen molar-refractivity contribution in [3.05, 3.63) is 81.7 Å². The molecule has 0 radical (unpaired) electrons. The zero-order chi connectivity index (χ0) is 21.7. The maximum absolute atomic E-state index is 12.5. The summed E-state index contributed by atoms with van der Waals surface area (Å²) in [6, 6.07) is 12.8. The summed E-state index contributed by atoms with van der Waals surface area (Å²) in [7, 11) is 1.59. The van der Waals surface area contributed by atoms with E-state index in [0.717, 1.165) is 27.8 Å². The Morgan fingerprint density at radius 1 is 1.17 bits per heavy atom. The van der Waals surface area contributed by atoms with Crippen molar-refractivity contribution >= 4 is 16.9 Å². The third-order valence-corrected chi connectivity index (χ3v) is 4.71. The summed E-state index contributed by atoms with van der Waals surface area (Å²) in [4.78, 5) is 24.9. The van der Waals surface area contributed by atoms with E-state index < -0.39 is 5.63 Å². The number of carbonyl (C=O) groups excluding carboxylic acids is 1. The minimum absolute atomic E-state index is 0.0536. The molecule has 2 aromatic carbocycles. The first-order valence-corrected chi connectivity index (χ1v) is 9.60. The van der Waals surface area contributed by atoms with Crippen molar-refractivity contribution in [2.24, 2.45) is 0 Å². The van der Waals surface area contributed by atoms with Crippen LogP contribution >= 0.6 is 0 Å². The van der Waals surface area contributed by atoms with E-state index in [0.29, 0.717) is 30.0 Å². The number of amides is 1. The lowest BCUT2D eigenvalue weighted by molar-refractivity contribution is -0.120. The van der Waals surface area contributed by atoms with Crippen LogP contribution in [0.1, 0.15) is 23.6 Å². The second kappa shape index (κ2) is 9.31. The summed E-state index contributed by atoms with van der Waals surface area (Å²) < 4.78 is 16.3. The molecule has 0 bridgehead atoms. The first kappa shape index (κ1) is 21.2. The van der Waals surface area contributed by atoms with Crippen molar-refractivity contribution in [2.75, 3.05) is 13.7 Å². The van der Waals surface area contributed by atoms with Gasteiger partial charge in [-0.05, 0) is 54.8 Å². The number of rotatable bonds is 8. The predicted octanol–water partition coefficient (Wildman–Crippen LogP) is 3.92. The maximum Gasteiger partial charge on any atom is 0.340 e. The molecule has 156 valence electrons. The van der Waals surface area contributed by atoms with Gasteiger partial charge in [0, 0.05) is 18.0 Å². The molecular formula is C24H25NO5. The lowest BCUT2D eigenvalue weighted by Gasteiger charge is -2.11. The summed E-state index contributed by atoms with van der Waals surface area (Å²) in [5, 5.41) is 3.61. The number of methoxy groups -OCH3 is 1. The number of carbonyl (C=O) groups is 1. The fourth-order valence-electron chi connectivity index (χ4n) is 3.08. The zero-order valence-corrected chi connectivity index (χ0v) is 17.4. The summed E-state index contributed by atoms with van der Waals surface area (Å²) >= 11 is 0. The van der Waals surface area contributed by atoms with E-state index in [1.165, 1.54) is 0 Å². The lowest BCUT2D eigenvalue weighted by Crippen LogP contribution is -2.27. The van der Waals surface area contributed by atoms with Crippen LogP contribution in [0.15, 0.2) is 63.8 Å². The molecule has 1 heterocycles. The molecule has 0 atom stereocenters. The van der Waals surface area contributed by atoms with Gasteiger partial charge < -0.3 is 19.2 Å². The first-order chi connectivity index (χ1) is 14.4. The average Bonchev–Trinajstić information content (AvgIpc) is 2.73. The van der Waals surface area contributed by atoms with Crippen LogP contribution in [0.25, 0.3) is 11.0 Å². The van der Waals surface area contributed by atoms with E-state index in [2.05, 4.69) is 11.9 Å². The Morgan fingerprint density at radius 2 is 1.97 bits per heavy atom. The Balaban J connectivity index is 1.75. The van der Waals surface area contributed by atoms with E-state index in [1.54, 1.807) is 13.2 Å². The third-order valence-electron chi connectivity index (χ3n) is 4.71. The van der Waals surface area contributed by atoms with Gasteiger partial charge in [-0.25, -0.2) is 4.79 Å². The molecule has 0 saturated carbocycles. The Hall–Kier alpha value is -3.54. The summed E-state index contributed by atoms with van der Waals surface area (Å²) in [5.41, 5.74) is 2.78. The largest absolute Gasteiger partial charge is 0.497 e. The van der Waals surface area contributed by atoms with Gasteiger partial charge in [0.2, 0.25) is 5.91 Å². The number of hydrogen-bond donors (Lipinski definition) is 1. The fraction of sp³-hybridized carbons (Fsp3) is 0.250. The molecule has 1 amide bonds. The SMILES string of the molecule is C=C(C)COc1ccc2c(C)c(CC(=O)NCc3cccc(OC)c3)c(=O)oc2c1. The summed E-state index contributed by atoms with van der Waals surface area (Å²) in [6.45, 7) is 8.22. The van der Waals surface area contributed by atoms with Crippen LogP contribution in [0.5, 0.6) is 11.5 Å². The van der Waals surface area contributed by atoms with Crippen molar-refractivity contribution < 1.29 is 18.7 Å². The number of aryl methyl sites for hydroxylation is 1. The minimum Gasteiger partial charge on any atom is -0.497 e. The molecule has 1 N–H and O–H groups in total. The molecule has 6 heteroatoms. The van der Waals surface area contributed by atoms with Crippen LogP contribution < -0.4 is 20.4 Å². The van der Waals surface area contributed by atoms with Crippen molar-refractivity contribution in [3.8, 4) is 11.5 Å². The highest BCUT2D eigenvalue weighted by Crippen LogP contribution is 2.24. The second-order valence-electron chi connectivity index (χ2n) is 7.20. The van der Waals surface area contributed by atoms with Crippen LogP contribution in [0, 0.1) is 6.92 Å². The highest BCUT2D eigenvalue weighted by atomic mass is 16.5. The molecule has 0 aliphatic rings. The van der Waals surface area contributed by atoms with Gasteiger partial charge in [-0.1, -0.05) is 18.7 Å². The van der Waals surface area contributed by atoms with E-state index in [-0.39, 0.29) is 12.3 Å². The van der Waals surface area contributed by atoms with Crippen LogP contribution in [0.2, 0.25) is 0 Å². The van der Waals surface area contributed by atoms with Gasteiger partial charge in [0.05, 0.1) is 19.1 Å². The number of benzene rings is 2. The van der Waals surface area contributed by atoms with Crippen molar-refractivity contribution in [1.29, 1.82) is 0 Å². The fourth-order valence-corrected chi connectivity index (χ4v) is 3.08. The highest BCUT2D eigenvalue weighted by molar-refractivity contribution is 5.85. The Morgan fingerprint density at radius 3 is 2.70 bits per heavy atom. The second-order valence-corrected chi connectivity index (χ2v) is 7.20. The van der Waals surface area contributed by atoms with Crippen LogP contribution in [0.4, 0.5) is 0 Å². The van der Waals surface area contributed by atoms with Gasteiger partial charge in [0.25, 0.3) is 0 Å². The molecule has 3 aromatic rings. The zero-order valence-electron chi connectivity index (χ0n) is 17.4. The molecular weight excluding hydrogens is 382 g/mol. The highest BCUT2D eigenvalue weighted by Gasteiger charge is 2.15. The maximum atomic E-state index is 12.5. The van der Waals surface area contributed by atoms with Gasteiger partial charge in [-0.15, -0.1) is 0 Å². The molecule has 6 nitrogen and oxygen atoms in total. The summed E-state index contributed by atoms with van der Waals surface area (Å²) in [6.07, 6.45) is -0.0536. The number of ether oxygens (including phenoxy) is 2. The average molecular weight is 407 g/mol.